The number of halogens is 1. The summed E-state index contributed by atoms with van der Waals surface area (Å²) >= 11 is 0. The van der Waals surface area contributed by atoms with Crippen LogP contribution >= 0.6 is 0 Å². The molecule has 33 heavy (non-hydrogen) atoms. The highest BCUT2D eigenvalue weighted by Crippen LogP contribution is 2.41. The first-order valence-electron chi connectivity index (χ1n) is 11.4. The minimum Gasteiger partial charge on any atom is -0.392 e. The maximum absolute atomic E-state index is 13.6. The van der Waals surface area contributed by atoms with Gasteiger partial charge in [0.25, 0.3) is 5.91 Å². The lowest BCUT2D eigenvalue weighted by molar-refractivity contribution is 0.0988. The minimum atomic E-state index is -0.974. The van der Waals surface area contributed by atoms with Gasteiger partial charge in [-0.15, -0.1) is 0 Å². The zero-order chi connectivity index (χ0) is 22.9. The molecular formula is C25H25FN4O3. The van der Waals surface area contributed by atoms with Gasteiger partial charge in [-0.3, -0.25) is 9.36 Å². The molecule has 0 spiro atoms. The maximum atomic E-state index is 13.6. The number of aliphatic hydroxyl groups is 2. The summed E-state index contributed by atoms with van der Waals surface area (Å²) in [6.45, 7) is 2.39. The smallest absolute Gasteiger partial charge is 0.258 e. The number of nitrogens with one attached hydrogen (secondary N) is 1. The molecule has 0 radical (unpaired) electrons. The number of imidazole rings is 1. The standard InChI is InChI=1S/C25H25FN4O3/c1-13-9-20-18(11-17(13)25(33)29-8-7-14-10-15(26)5-6-19(14)29)28-24(32)21-12-27-23(30(20)21)16-3-2-4-22(16)31/h5-6,9-12,16,22,24,28,31-32H,2-4,7-8H2,1H3/t16-,22+,24?/m1/s1. The van der Waals surface area contributed by atoms with Gasteiger partial charge in [0.15, 0.2) is 6.23 Å². The van der Waals surface area contributed by atoms with E-state index in [0.29, 0.717) is 29.9 Å². The molecule has 170 valence electrons. The number of nitrogens with zero attached hydrogens (tertiary/aromatic N) is 3. The molecular weight excluding hydrogens is 423 g/mol. The highest BCUT2D eigenvalue weighted by molar-refractivity contribution is 6.09. The van der Waals surface area contributed by atoms with Crippen LogP contribution in [0.5, 0.6) is 0 Å². The summed E-state index contributed by atoms with van der Waals surface area (Å²) in [6, 6.07) is 8.22. The molecule has 1 aliphatic carbocycles. The Balaban J connectivity index is 1.41. The van der Waals surface area contributed by atoms with Crippen molar-refractivity contribution in [3.63, 3.8) is 0 Å². The molecule has 1 amide bonds. The molecule has 6 rings (SSSR count). The van der Waals surface area contributed by atoms with E-state index in [1.54, 1.807) is 23.2 Å². The monoisotopic (exact) mass is 448 g/mol. The van der Waals surface area contributed by atoms with Crippen LogP contribution in [0.1, 0.15) is 64.4 Å². The Morgan fingerprint density at radius 1 is 1.18 bits per heavy atom. The number of rotatable bonds is 2. The molecule has 3 aliphatic rings. The molecule has 1 aromatic heterocycles. The van der Waals surface area contributed by atoms with Crippen molar-refractivity contribution < 1.29 is 19.4 Å². The van der Waals surface area contributed by atoms with Gasteiger partial charge in [0.2, 0.25) is 0 Å². The first-order valence-corrected chi connectivity index (χ1v) is 11.4. The summed E-state index contributed by atoms with van der Waals surface area (Å²) in [7, 11) is 0. The minimum absolute atomic E-state index is 0.0833. The molecule has 1 fully saturated rings. The number of anilines is 2. The molecule has 8 heteroatoms. The number of hydrogen-bond acceptors (Lipinski definition) is 5. The van der Waals surface area contributed by atoms with Gasteiger partial charge in [-0.25, -0.2) is 9.37 Å². The first kappa shape index (κ1) is 20.4. The van der Waals surface area contributed by atoms with Crippen molar-refractivity contribution in [2.75, 3.05) is 16.8 Å². The average molecular weight is 448 g/mol. The second-order valence-electron chi connectivity index (χ2n) is 9.19. The molecule has 1 unspecified atom stereocenters. The van der Waals surface area contributed by atoms with Gasteiger partial charge in [0.05, 0.1) is 29.4 Å². The second kappa shape index (κ2) is 7.40. The van der Waals surface area contributed by atoms with Crippen LogP contribution in [0, 0.1) is 12.7 Å². The van der Waals surface area contributed by atoms with Gasteiger partial charge >= 0.3 is 0 Å². The average Bonchev–Trinajstić information content (AvgIpc) is 3.51. The molecule has 2 aliphatic heterocycles. The summed E-state index contributed by atoms with van der Waals surface area (Å²) in [5, 5.41) is 24.3. The van der Waals surface area contributed by atoms with Crippen molar-refractivity contribution in [3.05, 3.63) is 70.6 Å². The normalized spacial score (nSPS) is 23.2. The van der Waals surface area contributed by atoms with Crippen LogP contribution in [0.15, 0.2) is 36.5 Å². The van der Waals surface area contributed by atoms with Gasteiger partial charge in [-0.05, 0) is 67.6 Å². The molecule has 3 aromatic rings. The topological polar surface area (TPSA) is 90.6 Å². The maximum Gasteiger partial charge on any atom is 0.258 e. The van der Waals surface area contributed by atoms with Crippen LogP contribution in [-0.2, 0) is 6.42 Å². The van der Waals surface area contributed by atoms with Crippen LogP contribution in [0.4, 0.5) is 15.8 Å². The van der Waals surface area contributed by atoms with E-state index in [0.717, 1.165) is 47.6 Å². The highest BCUT2D eigenvalue weighted by atomic mass is 19.1. The van der Waals surface area contributed by atoms with Crippen LogP contribution in [0.2, 0.25) is 0 Å². The Bertz CT molecular complexity index is 1290. The SMILES string of the molecule is Cc1cc2c(cc1C(=O)N1CCc3cc(F)ccc31)NC(O)c1cnc([C@@H]3CCC[C@@H]3O)n1-2. The summed E-state index contributed by atoms with van der Waals surface area (Å²) in [6.07, 6.45) is 3.37. The number of carbonyl (C=O) groups excluding carboxylic acids is 1. The van der Waals surface area contributed by atoms with Crippen LogP contribution < -0.4 is 10.2 Å². The van der Waals surface area contributed by atoms with Crippen molar-refractivity contribution in [2.45, 2.75) is 50.9 Å². The van der Waals surface area contributed by atoms with E-state index >= 15 is 0 Å². The lowest BCUT2D eigenvalue weighted by Gasteiger charge is -2.29. The number of hydrogen-bond donors (Lipinski definition) is 3. The Morgan fingerprint density at radius 3 is 2.82 bits per heavy atom. The largest absolute Gasteiger partial charge is 0.392 e. The predicted octanol–water partition coefficient (Wildman–Crippen LogP) is 3.57. The summed E-state index contributed by atoms with van der Waals surface area (Å²) < 4.78 is 15.5. The van der Waals surface area contributed by atoms with Gasteiger partial charge in [0, 0.05) is 23.7 Å². The van der Waals surface area contributed by atoms with Gasteiger partial charge in [-0.1, -0.05) is 6.42 Å². The van der Waals surface area contributed by atoms with Crippen molar-refractivity contribution in [1.82, 2.24) is 9.55 Å². The van der Waals surface area contributed by atoms with Crippen LogP contribution in [-0.4, -0.2) is 38.3 Å². The Hall–Kier alpha value is -3.23. The third kappa shape index (κ3) is 3.08. The Kier molecular flexibility index (Phi) is 4.57. The zero-order valence-corrected chi connectivity index (χ0v) is 18.3. The summed E-state index contributed by atoms with van der Waals surface area (Å²) in [4.78, 5) is 19.7. The lowest BCUT2D eigenvalue weighted by atomic mass is 10.0. The van der Waals surface area contributed by atoms with Crippen LogP contribution in [0.25, 0.3) is 5.69 Å². The molecule has 2 aromatic carbocycles. The molecule has 7 nitrogen and oxygen atoms in total. The van der Waals surface area contributed by atoms with Crippen molar-refractivity contribution in [1.29, 1.82) is 0 Å². The zero-order valence-electron chi connectivity index (χ0n) is 18.3. The van der Waals surface area contributed by atoms with E-state index in [2.05, 4.69) is 10.3 Å². The molecule has 3 atom stereocenters. The highest BCUT2D eigenvalue weighted by Gasteiger charge is 2.35. The number of aromatic nitrogens is 2. The van der Waals surface area contributed by atoms with Crippen molar-refractivity contribution in [3.8, 4) is 5.69 Å². The van der Waals surface area contributed by atoms with E-state index in [-0.39, 0.29) is 17.6 Å². The number of aliphatic hydroxyl groups excluding tert-OH is 2. The number of benzene rings is 2. The molecule has 0 saturated heterocycles. The second-order valence-corrected chi connectivity index (χ2v) is 9.19. The van der Waals surface area contributed by atoms with Crippen molar-refractivity contribution in [2.24, 2.45) is 0 Å². The first-order chi connectivity index (χ1) is 15.9. The number of amides is 1. The van der Waals surface area contributed by atoms with Crippen LogP contribution in [0.3, 0.4) is 0 Å². The van der Waals surface area contributed by atoms with E-state index in [1.165, 1.54) is 12.1 Å². The number of fused-ring (bicyclic) bond motifs is 4. The fraction of sp³-hybridized carbons (Fsp3) is 0.360. The fourth-order valence-electron chi connectivity index (χ4n) is 5.51. The molecule has 3 N–H and O–H groups in total. The van der Waals surface area contributed by atoms with Crippen molar-refractivity contribution >= 4 is 17.3 Å². The van der Waals surface area contributed by atoms with E-state index in [4.69, 9.17) is 0 Å². The quantitative estimate of drug-likeness (QED) is 0.558. The molecule has 3 heterocycles. The number of aryl methyl sites for hydroxylation is 1. The van der Waals surface area contributed by atoms with E-state index < -0.39 is 12.3 Å². The third-order valence-electron chi connectivity index (χ3n) is 7.20. The molecule has 1 saturated carbocycles. The Morgan fingerprint density at radius 2 is 2.03 bits per heavy atom. The van der Waals surface area contributed by atoms with Gasteiger partial charge in [0.1, 0.15) is 11.6 Å². The fourth-order valence-corrected chi connectivity index (χ4v) is 5.51. The van der Waals surface area contributed by atoms with E-state index in [9.17, 15) is 19.4 Å². The number of carbonyl (C=O) groups is 1. The summed E-state index contributed by atoms with van der Waals surface area (Å²) in [5.74, 6) is 0.205. The third-order valence-corrected chi connectivity index (χ3v) is 7.20. The van der Waals surface area contributed by atoms with Gasteiger partial charge < -0.3 is 20.4 Å². The van der Waals surface area contributed by atoms with Gasteiger partial charge in [-0.2, -0.15) is 0 Å². The molecule has 0 bridgehead atoms. The summed E-state index contributed by atoms with van der Waals surface area (Å²) in [5.41, 5.74) is 4.94. The predicted molar refractivity (Wildman–Crippen MR) is 121 cm³/mol. The lowest BCUT2D eigenvalue weighted by Crippen LogP contribution is -2.30. The van der Waals surface area contributed by atoms with E-state index in [1.807, 2.05) is 17.6 Å². The Labute approximate surface area is 190 Å².